The van der Waals surface area contributed by atoms with Crippen LogP contribution in [0.4, 0.5) is 0 Å². The first-order valence-corrected chi connectivity index (χ1v) is 7.62. The molecule has 1 aromatic carbocycles. The molecule has 0 aromatic heterocycles. The lowest BCUT2D eigenvalue weighted by Gasteiger charge is -2.38. The summed E-state index contributed by atoms with van der Waals surface area (Å²) in [6, 6.07) is 7.66. The smallest absolute Gasteiger partial charge is 0.238 e. The zero-order valence-corrected chi connectivity index (χ0v) is 13.4. The summed E-state index contributed by atoms with van der Waals surface area (Å²) in [5.41, 5.74) is 1.05. The molecule has 2 atom stereocenters. The Morgan fingerprint density at radius 1 is 1.48 bits per heavy atom. The van der Waals surface area contributed by atoms with E-state index in [1.165, 1.54) is 0 Å². The Labute approximate surface area is 127 Å². The topological polar surface area (TPSA) is 50.4 Å². The Morgan fingerprint density at radius 2 is 2.24 bits per heavy atom. The molecule has 0 aliphatic carbocycles. The van der Waals surface area contributed by atoms with Crippen LogP contribution in [0.25, 0.3) is 0 Å². The van der Waals surface area contributed by atoms with Gasteiger partial charge in [0.25, 0.3) is 0 Å². The number of carbonyl (C=O) groups is 1. The first-order chi connectivity index (χ1) is 9.94. The molecule has 116 valence electrons. The van der Waals surface area contributed by atoms with Crippen molar-refractivity contribution in [3.63, 3.8) is 0 Å². The molecule has 2 N–H and O–H groups in total. The fourth-order valence-corrected chi connectivity index (χ4v) is 2.95. The molecule has 0 radical (unpaired) electrons. The largest absolute Gasteiger partial charge is 0.497 e. The highest BCUT2D eigenvalue weighted by molar-refractivity contribution is 5.83. The van der Waals surface area contributed by atoms with Gasteiger partial charge in [0.1, 0.15) is 5.75 Å². The van der Waals surface area contributed by atoms with Crippen LogP contribution in [0.3, 0.4) is 0 Å². The van der Waals surface area contributed by atoms with Crippen LogP contribution >= 0.6 is 0 Å². The molecule has 1 saturated heterocycles. The average molecular weight is 290 g/mol. The number of ether oxygens (including phenoxy) is 1. The van der Waals surface area contributed by atoms with Crippen molar-refractivity contribution < 1.29 is 9.53 Å². The Hall–Kier alpha value is -1.55. The second-order valence-corrected chi connectivity index (χ2v) is 6.49. The molecular formula is C17H26N2O2. The minimum absolute atomic E-state index is 0.00354. The van der Waals surface area contributed by atoms with Crippen molar-refractivity contribution in [1.29, 1.82) is 0 Å². The number of nitrogens with one attached hydrogen (secondary N) is 2. The molecule has 1 unspecified atom stereocenters. The third-order valence-corrected chi connectivity index (χ3v) is 4.34. The van der Waals surface area contributed by atoms with E-state index in [4.69, 9.17) is 4.74 Å². The second kappa shape index (κ2) is 6.48. The molecule has 21 heavy (non-hydrogen) atoms. The van der Waals surface area contributed by atoms with E-state index in [0.717, 1.165) is 30.7 Å². The molecule has 1 amide bonds. The highest BCUT2D eigenvalue weighted by Crippen LogP contribution is 2.30. The number of hydrogen-bond donors (Lipinski definition) is 2. The van der Waals surface area contributed by atoms with Crippen LogP contribution in [0, 0.1) is 5.41 Å². The van der Waals surface area contributed by atoms with Crippen molar-refractivity contribution in [3.8, 4) is 5.75 Å². The van der Waals surface area contributed by atoms with Gasteiger partial charge in [-0.05, 0) is 49.4 Å². The zero-order valence-electron chi connectivity index (χ0n) is 13.4. The molecule has 0 spiro atoms. The molecular weight excluding hydrogens is 264 g/mol. The summed E-state index contributed by atoms with van der Waals surface area (Å²) in [4.78, 5) is 12.5. The van der Waals surface area contributed by atoms with Gasteiger partial charge in [-0.15, -0.1) is 0 Å². The van der Waals surface area contributed by atoms with Gasteiger partial charge in [0.05, 0.1) is 19.2 Å². The van der Waals surface area contributed by atoms with Crippen molar-refractivity contribution >= 4 is 5.91 Å². The molecule has 1 aromatic rings. The molecule has 1 aliphatic heterocycles. The van der Waals surface area contributed by atoms with Crippen LogP contribution in [-0.4, -0.2) is 25.6 Å². The number of methoxy groups -OCH3 is 1. The quantitative estimate of drug-likeness (QED) is 0.896. The van der Waals surface area contributed by atoms with Crippen molar-refractivity contribution in [2.45, 2.75) is 45.7 Å². The molecule has 4 heteroatoms. The summed E-state index contributed by atoms with van der Waals surface area (Å²) < 4.78 is 5.23. The third kappa shape index (κ3) is 3.76. The Balaban J connectivity index is 2.04. The van der Waals surface area contributed by atoms with Gasteiger partial charge < -0.3 is 15.4 Å². The van der Waals surface area contributed by atoms with Crippen LogP contribution in [0.2, 0.25) is 0 Å². The summed E-state index contributed by atoms with van der Waals surface area (Å²) in [6.07, 6.45) is 2.20. The van der Waals surface area contributed by atoms with E-state index in [2.05, 4.69) is 24.5 Å². The van der Waals surface area contributed by atoms with Gasteiger partial charge in [0.15, 0.2) is 0 Å². The Bertz CT molecular complexity index is 499. The summed E-state index contributed by atoms with van der Waals surface area (Å²) in [5.74, 6) is 0.889. The van der Waals surface area contributed by atoms with Crippen molar-refractivity contribution in [1.82, 2.24) is 10.6 Å². The molecule has 1 heterocycles. The number of benzene rings is 1. The standard InChI is InChI=1S/C17H26N2O2/c1-12(13-7-5-8-14(11-13)21-4)19-16(20)15-17(2,3)9-6-10-18-15/h5,7-8,11-12,15,18H,6,9-10H2,1-4H3,(H,19,20)/t12-,15?/m0/s1. The van der Waals surface area contributed by atoms with Crippen molar-refractivity contribution in [2.24, 2.45) is 5.41 Å². The summed E-state index contributed by atoms with van der Waals surface area (Å²) in [5, 5.41) is 6.47. The van der Waals surface area contributed by atoms with E-state index < -0.39 is 0 Å². The number of rotatable bonds is 4. The molecule has 0 bridgehead atoms. The fraction of sp³-hybridized carbons (Fsp3) is 0.588. The summed E-state index contributed by atoms with van der Waals surface area (Å²) in [6.45, 7) is 7.22. The van der Waals surface area contributed by atoms with Crippen LogP contribution < -0.4 is 15.4 Å². The SMILES string of the molecule is COc1cccc([C@H](C)NC(=O)C2NCCCC2(C)C)c1. The second-order valence-electron chi connectivity index (χ2n) is 6.49. The van der Waals surface area contributed by atoms with Gasteiger partial charge in [-0.3, -0.25) is 4.79 Å². The average Bonchev–Trinajstić information content (AvgIpc) is 2.46. The van der Waals surface area contributed by atoms with Gasteiger partial charge in [-0.25, -0.2) is 0 Å². The molecule has 1 aliphatic rings. The van der Waals surface area contributed by atoms with E-state index >= 15 is 0 Å². The van der Waals surface area contributed by atoms with Gasteiger partial charge in [0, 0.05) is 0 Å². The van der Waals surface area contributed by atoms with Crippen LogP contribution in [0.15, 0.2) is 24.3 Å². The predicted molar refractivity (Wildman–Crippen MR) is 84.4 cm³/mol. The van der Waals surface area contributed by atoms with Gasteiger partial charge in [0.2, 0.25) is 5.91 Å². The lowest BCUT2D eigenvalue weighted by atomic mass is 9.77. The number of piperidine rings is 1. The van der Waals surface area contributed by atoms with E-state index in [9.17, 15) is 4.79 Å². The van der Waals surface area contributed by atoms with Gasteiger partial charge >= 0.3 is 0 Å². The minimum atomic E-state index is -0.126. The molecule has 0 saturated carbocycles. The third-order valence-electron chi connectivity index (χ3n) is 4.34. The highest BCUT2D eigenvalue weighted by Gasteiger charge is 2.37. The minimum Gasteiger partial charge on any atom is -0.497 e. The van der Waals surface area contributed by atoms with E-state index in [0.29, 0.717) is 0 Å². The van der Waals surface area contributed by atoms with Crippen molar-refractivity contribution in [3.05, 3.63) is 29.8 Å². The highest BCUT2D eigenvalue weighted by atomic mass is 16.5. The van der Waals surface area contributed by atoms with Crippen LogP contribution in [0.1, 0.15) is 45.2 Å². The van der Waals surface area contributed by atoms with E-state index in [-0.39, 0.29) is 23.4 Å². The maximum atomic E-state index is 12.5. The normalized spacial score (nSPS) is 22.4. The number of carbonyl (C=O) groups excluding carboxylic acids is 1. The summed E-state index contributed by atoms with van der Waals surface area (Å²) in [7, 11) is 1.65. The monoisotopic (exact) mass is 290 g/mol. The lowest BCUT2D eigenvalue weighted by Crippen LogP contribution is -2.55. The van der Waals surface area contributed by atoms with E-state index in [1.54, 1.807) is 7.11 Å². The number of hydrogen-bond acceptors (Lipinski definition) is 3. The van der Waals surface area contributed by atoms with Gasteiger partial charge in [-0.1, -0.05) is 26.0 Å². The lowest BCUT2D eigenvalue weighted by molar-refractivity contribution is -0.127. The van der Waals surface area contributed by atoms with Crippen molar-refractivity contribution in [2.75, 3.05) is 13.7 Å². The fourth-order valence-electron chi connectivity index (χ4n) is 2.95. The maximum Gasteiger partial charge on any atom is 0.238 e. The zero-order chi connectivity index (χ0) is 15.5. The predicted octanol–water partition coefficient (Wildman–Crippen LogP) is 2.65. The van der Waals surface area contributed by atoms with E-state index in [1.807, 2.05) is 31.2 Å². The first kappa shape index (κ1) is 15.8. The van der Waals surface area contributed by atoms with Crippen LogP contribution in [0.5, 0.6) is 5.75 Å². The Kier molecular flexibility index (Phi) is 4.88. The van der Waals surface area contributed by atoms with Crippen LogP contribution in [-0.2, 0) is 4.79 Å². The first-order valence-electron chi connectivity index (χ1n) is 7.62. The molecule has 4 nitrogen and oxygen atoms in total. The Morgan fingerprint density at radius 3 is 2.90 bits per heavy atom. The maximum absolute atomic E-state index is 12.5. The molecule has 1 fully saturated rings. The van der Waals surface area contributed by atoms with Gasteiger partial charge in [-0.2, -0.15) is 0 Å². The summed E-state index contributed by atoms with van der Waals surface area (Å²) >= 11 is 0. The number of amides is 1. The molecule has 2 rings (SSSR count).